The molecule has 0 radical (unpaired) electrons. The number of aromatic nitrogens is 2. The first-order valence-corrected chi connectivity index (χ1v) is 11.8. The van der Waals surface area contributed by atoms with Crippen molar-refractivity contribution in [2.24, 2.45) is 0 Å². The van der Waals surface area contributed by atoms with Crippen molar-refractivity contribution in [2.45, 2.75) is 45.5 Å². The van der Waals surface area contributed by atoms with Gasteiger partial charge in [0.25, 0.3) is 5.56 Å². The van der Waals surface area contributed by atoms with Crippen LogP contribution in [-0.2, 0) is 36.5 Å². The van der Waals surface area contributed by atoms with Crippen LogP contribution >= 0.6 is 0 Å². The minimum absolute atomic E-state index is 0.0701. The number of hydrogen-bond acceptors (Lipinski definition) is 5. The van der Waals surface area contributed by atoms with Gasteiger partial charge in [-0.15, -0.1) is 6.42 Å². The molecule has 0 atom stereocenters. The monoisotopic (exact) mass is 488 g/mol. The van der Waals surface area contributed by atoms with Gasteiger partial charge in [0.15, 0.2) is 0 Å². The Morgan fingerprint density at radius 3 is 2.56 bits per heavy atom. The molecule has 0 saturated carbocycles. The molecule has 0 saturated heterocycles. The van der Waals surface area contributed by atoms with Gasteiger partial charge >= 0.3 is 0 Å². The van der Waals surface area contributed by atoms with Crippen LogP contribution in [0.25, 0.3) is 0 Å². The highest BCUT2D eigenvalue weighted by atomic mass is 19.1. The maximum atomic E-state index is 13.6. The Labute approximate surface area is 209 Å². The van der Waals surface area contributed by atoms with E-state index >= 15 is 0 Å². The van der Waals surface area contributed by atoms with Gasteiger partial charge in [-0.2, -0.15) is 0 Å². The molecule has 3 aromatic rings. The molecule has 1 aliphatic heterocycles. The van der Waals surface area contributed by atoms with E-state index in [-0.39, 0.29) is 48.3 Å². The number of carbonyl (C=O) groups excluding carboxylic acids is 1. The van der Waals surface area contributed by atoms with Crippen LogP contribution in [0.15, 0.2) is 59.4 Å². The van der Waals surface area contributed by atoms with E-state index in [1.54, 1.807) is 16.7 Å². The van der Waals surface area contributed by atoms with Crippen LogP contribution in [0.5, 0.6) is 5.75 Å². The number of amides is 1. The Morgan fingerprint density at radius 1 is 1.14 bits per heavy atom. The highest BCUT2D eigenvalue weighted by Gasteiger charge is 2.38. The number of fused-ring (bicyclic) bond motifs is 1. The fourth-order valence-electron chi connectivity index (χ4n) is 4.30. The summed E-state index contributed by atoms with van der Waals surface area (Å²) in [5, 5.41) is 2.81. The largest absolute Gasteiger partial charge is 0.482 e. The number of carbonyl (C=O) groups is 1. The van der Waals surface area contributed by atoms with Gasteiger partial charge in [0, 0.05) is 19.6 Å². The normalized spacial score (nSPS) is 14.5. The van der Waals surface area contributed by atoms with Gasteiger partial charge in [0.1, 0.15) is 18.2 Å². The number of nitrogens with one attached hydrogen (secondary N) is 1. The molecule has 2 heterocycles. The average Bonchev–Trinajstić information content (AvgIpc) is 2.86. The topological polar surface area (TPSA) is 76.5 Å². The second kappa shape index (κ2) is 10.8. The number of rotatable bonds is 8. The van der Waals surface area contributed by atoms with Crippen LogP contribution in [-0.4, -0.2) is 33.4 Å². The predicted molar refractivity (Wildman–Crippen MR) is 135 cm³/mol. The van der Waals surface area contributed by atoms with Crippen molar-refractivity contribution >= 4 is 5.91 Å². The quantitative estimate of drug-likeness (QED) is 0.494. The summed E-state index contributed by atoms with van der Waals surface area (Å²) in [4.78, 5) is 33.3. The van der Waals surface area contributed by atoms with E-state index in [0.717, 1.165) is 11.1 Å². The standard InChI is InChI=1S/C28H29FN4O3/c1-4-14-32-15-16-33-26(35)25(36-19-21-8-6-5-7-9-21)23(31-27(33)28(32,2)3)17-24(34)30-18-20-10-12-22(29)13-11-20/h1,5-13H,14-19H2,2-3H3,(H,30,34). The van der Waals surface area contributed by atoms with Crippen LogP contribution < -0.4 is 15.6 Å². The second-order valence-corrected chi connectivity index (χ2v) is 9.21. The van der Waals surface area contributed by atoms with Gasteiger partial charge in [-0.1, -0.05) is 48.4 Å². The molecule has 0 unspecified atom stereocenters. The van der Waals surface area contributed by atoms with Crippen LogP contribution in [0, 0.1) is 18.2 Å². The first-order valence-electron chi connectivity index (χ1n) is 11.8. The summed E-state index contributed by atoms with van der Waals surface area (Å²) in [5.41, 5.74) is 1.00. The molecule has 2 aromatic carbocycles. The third-order valence-corrected chi connectivity index (χ3v) is 6.37. The lowest BCUT2D eigenvalue weighted by molar-refractivity contribution is -0.120. The molecule has 36 heavy (non-hydrogen) atoms. The van der Waals surface area contributed by atoms with E-state index in [1.165, 1.54) is 12.1 Å². The van der Waals surface area contributed by atoms with E-state index in [2.05, 4.69) is 16.1 Å². The molecule has 0 bridgehead atoms. The van der Waals surface area contributed by atoms with E-state index in [9.17, 15) is 14.0 Å². The average molecular weight is 489 g/mol. The number of terminal acetylenes is 1. The van der Waals surface area contributed by atoms with E-state index < -0.39 is 5.54 Å². The zero-order chi connectivity index (χ0) is 25.7. The lowest BCUT2D eigenvalue weighted by atomic mass is 9.98. The lowest BCUT2D eigenvalue weighted by Gasteiger charge is -2.42. The summed E-state index contributed by atoms with van der Waals surface area (Å²) in [5.74, 6) is 2.62. The van der Waals surface area contributed by atoms with E-state index in [0.29, 0.717) is 25.5 Å². The zero-order valence-corrected chi connectivity index (χ0v) is 20.5. The Morgan fingerprint density at radius 2 is 1.86 bits per heavy atom. The number of halogens is 1. The summed E-state index contributed by atoms with van der Waals surface area (Å²) >= 11 is 0. The van der Waals surface area contributed by atoms with Crippen molar-refractivity contribution in [3.63, 3.8) is 0 Å². The van der Waals surface area contributed by atoms with Crippen molar-refractivity contribution in [3.05, 3.63) is 93.4 Å². The SMILES string of the molecule is C#CCN1CCn2c(nc(CC(=O)NCc3ccc(F)cc3)c(OCc3ccccc3)c2=O)C1(C)C. The molecular weight excluding hydrogens is 459 g/mol. The number of hydrogen-bond donors (Lipinski definition) is 1. The van der Waals surface area contributed by atoms with Crippen LogP contribution in [0.3, 0.4) is 0 Å². The van der Waals surface area contributed by atoms with Gasteiger partial charge in [-0.25, -0.2) is 9.37 Å². The van der Waals surface area contributed by atoms with Crippen LogP contribution in [0.1, 0.15) is 36.5 Å². The summed E-state index contributed by atoms with van der Waals surface area (Å²) in [7, 11) is 0. The Bertz CT molecular complexity index is 1330. The maximum absolute atomic E-state index is 13.6. The van der Waals surface area contributed by atoms with Crippen molar-refractivity contribution in [1.29, 1.82) is 0 Å². The maximum Gasteiger partial charge on any atom is 0.296 e. The molecule has 8 heteroatoms. The summed E-state index contributed by atoms with van der Waals surface area (Å²) in [6, 6.07) is 15.4. The Hall–Kier alpha value is -3.96. The molecule has 0 fully saturated rings. The second-order valence-electron chi connectivity index (χ2n) is 9.21. The zero-order valence-electron chi connectivity index (χ0n) is 20.5. The van der Waals surface area contributed by atoms with E-state index in [1.807, 2.05) is 44.2 Å². The van der Waals surface area contributed by atoms with Crippen LogP contribution in [0.4, 0.5) is 4.39 Å². The van der Waals surface area contributed by atoms with Gasteiger partial charge in [0.2, 0.25) is 11.7 Å². The molecule has 0 spiro atoms. The Kier molecular flexibility index (Phi) is 7.51. The molecular formula is C28H29FN4O3. The van der Waals surface area contributed by atoms with Crippen molar-refractivity contribution in [3.8, 4) is 18.1 Å². The first-order chi connectivity index (χ1) is 17.3. The van der Waals surface area contributed by atoms with Gasteiger partial charge in [-0.3, -0.25) is 19.1 Å². The molecule has 1 N–H and O–H groups in total. The summed E-state index contributed by atoms with van der Waals surface area (Å²) < 4.78 is 20.8. The minimum atomic E-state index is -0.610. The van der Waals surface area contributed by atoms with Crippen LogP contribution in [0.2, 0.25) is 0 Å². The Balaban J connectivity index is 1.64. The van der Waals surface area contributed by atoms with E-state index in [4.69, 9.17) is 16.1 Å². The fraction of sp³-hybridized carbons (Fsp3) is 0.321. The smallest absolute Gasteiger partial charge is 0.296 e. The summed E-state index contributed by atoms with van der Waals surface area (Å²) in [6.45, 7) is 5.77. The van der Waals surface area contributed by atoms with Crippen molar-refractivity contribution in [1.82, 2.24) is 19.8 Å². The van der Waals surface area contributed by atoms with Crippen molar-refractivity contribution < 1.29 is 13.9 Å². The molecule has 1 aromatic heterocycles. The summed E-state index contributed by atoms with van der Waals surface area (Å²) in [6.07, 6.45) is 5.42. The lowest BCUT2D eigenvalue weighted by Crippen LogP contribution is -2.52. The highest BCUT2D eigenvalue weighted by molar-refractivity contribution is 5.78. The molecule has 1 amide bonds. The molecule has 1 aliphatic rings. The third-order valence-electron chi connectivity index (χ3n) is 6.37. The fourth-order valence-corrected chi connectivity index (χ4v) is 4.30. The van der Waals surface area contributed by atoms with Gasteiger partial charge < -0.3 is 10.1 Å². The molecule has 7 nitrogen and oxygen atoms in total. The first kappa shape index (κ1) is 25.1. The highest BCUT2D eigenvalue weighted by Crippen LogP contribution is 2.30. The molecule has 186 valence electrons. The molecule has 4 rings (SSSR count). The number of benzene rings is 2. The van der Waals surface area contributed by atoms with Gasteiger partial charge in [0.05, 0.1) is 24.2 Å². The number of ether oxygens (including phenoxy) is 1. The minimum Gasteiger partial charge on any atom is -0.482 e. The third kappa shape index (κ3) is 5.47. The van der Waals surface area contributed by atoms with Gasteiger partial charge in [-0.05, 0) is 37.1 Å². The molecule has 0 aliphatic carbocycles. The predicted octanol–water partition coefficient (Wildman–Crippen LogP) is 3.00. The van der Waals surface area contributed by atoms with Crippen molar-refractivity contribution in [2.75, 3.05) is 13.1 Å². The number of nitrogens with zero attached hydrogens (tertiary/aromatic N) is 3.